The molecule has 0 aromatic carbocycles. The molecule has 2 N–H and O–H groups in total. The smallest absolute Gasteiger partial charge is 0.257 e. The summed E-state index contributed by atoms with van der Waals surface area (Å²) in [4.78, 5) is 15.9. The highest BCUT2D eigenvalue weighted by atomic mass is 35.5. The summed E-state index contributed by atoms with van der Waals surface area (Å²) in [5, 5.41) is 10.5. The third-order valence-electron chi connectivity index (χ3n) is 2.66. The minimum absolute atomic E-state index is 0. The molecule has 1 amide bonds. The van der Waals surface area contributed by atoms with Gasteiger partial charge in [0.15, 0.2) is 0 Å². The fourth-order valence-electron chi connectivity index (χ4n) is 1.66. The van der Waals surface area contributed by atoms with Gasteiger partial charge in [0, 0.05) is 19.3 Å². The number of amides is 1. The van der Waals surface area contributed by atoms with E-state index >= 15 is 0 Å². The van der Waals surface area contributed by atoms with Gasteiger partial charge in [0.2, 0.25) is 0 Å². The van der Waals surface area contributed by atoms with Crippen LogP contribution in [-0.4, -0.2) is 36.2 Å². The molecule has 0 radical (unpaired) electrons. The van der Waals surface area contributed by atoms with Crippen molar-refractivity contribution in [1.29, 1.82) is 0 Å². The molecule has 0 spiro atoms. The molecule has 2 aromatic heterocycles. The number of likely N-dealkylation sites (N-methyl/N-ethyl adjacent to an activating group) is 1. The van der Waals surface area contributed by atoms with Gasteiger partial charge in [0.25, 0.3) is 11.6 Å². The van der Waals surface area contributed by atoms with E-state index in [1.165, 1.54) is 6.20 Å². The summed E-state index contributed by atoms with van der Waals surface area (Å²) >= 11 is 0. The minimum atomic E-state index is -0.136. The lowest BCUT2D eigenvalue weighted by molar-refractivity contribution is 0.0954. The molecule has 0 aliphatic rings. The first kappa shape index (κ1) is 15.4. The van der Waals surface area contributed by atoms with Crippen LogP contribution in [0.15, 0.2) is 16.8 Å². The number of nitrogens with one attached hydrogen (secondary N) is 2. The van der Waals surface area contributed by atoms with Gasteiger partial charge in [-0.3, -0.25) is 4.79 Å². The molecule has 6 nitrogen and oxygen atoms in total. The quantitative estimate of drug-likeness (QED) is 0.805. The molecule has 0 bridgehead atoms. The van der Waals surface area contributed by atoms with Crippen molar-refractivity contribution in [1.82, 2.24) is 20.8 Å². The van der Waals surface area contributed by atoms with Gasteiger partial charge in [-0.1, -0.05) is 12.1 Å². The lowest BCUT2D eigenvalue weighted by Crippen LogP contribution is -2.30. The number of aryl methyl sites for hydroxylation is 1. The Hall–Kier alpha value is -1.66. The summed E-state index contributed by atoms with van der Waals surface area (Å²) in [5.41, 5.74) is 1.82. The Morgan fingerprint density at radius 2 is 2.21 bits per heavy atom. The summed E-state index contributed by atoms with van der Waals surface area (Å²) in [7, 11) is 1.84. The minimum Gasteiger partial charge on any atom is -0.351 e. The van der Waals surface area contributed by atoms with E-state index in [1.807, 2.05) is 14.0 Å². The first-order valence-corrected chi connectivity index (χ1v) is 5.93. The van der Waals surface area contributed by atoms with E-state index < -0.39 is 0 Å². The maximum atomic E-state index is 11.9. The second-order valence-electron chi connectivity index (χ2n) is 3.92. The predicted octanol–water partition coefficient (Wildman–Crippen LogP) is 1.16. The Bertz CT molecular complexity index is 556. The molecule has 2 aromatic rings. The Kier molecular flexibility index (Phi) is 5.72. The molecule has 19 heavy (non-hydrogen) atoms. The normalized spacial score (nSPS) is 10.2. The van der Waals surface area contributed by atoms with Gasteiger partial charge in [-0.2, -0.15) is 0 Å². The highest BCUT2D eigenvalue weighted by molar-refractivity contribution is 5.96. The van der Waals surface area contributed by atoms with E-state index in [0.29, 0.717) is 17.8 Å². The van der Waals surface area contributed by atoms with E-state index in [-0.39, 0.29) is 18.3 Å². The summed E-state index contributed by atoms with van der Waals surface area (Å²) in [6.07, 6.45) is 2.25. The topological polar surface area (TPSA) is 80.0 Å². The second-order valence-corrected chi connectivity index (χ2v) is 3.92. The van der Waals surface area contributed by atoms with Crippen LogP contribution in [0, 0.1) is 0 Å². The van der Waals surface area contributed by atoms with Gasteiger partial charge in [0.1, 0.15) is 0 Å². The third kappa shape index (κ3) is 3.42. The summed E-state index contributed by atoms with van der Waals surface area (Å²) in [6, 6.07) is 1.77. The number of pyridine rings is 1. The van der Waals surface area contributed by atoms with Crippen molar-refractivity contribution in [3.8, 4) is 0 Å². The van der Waals surface area contributed by atoms with Crippen molar-refractivity contribution in [2.75, 3.05) is 20.1 Å². The van der Waals surface area contributed by atoms with Crippen molar-refractivity contribution in [3.63, 3.8) is 0 Å². The number of halogens is 1. The van der Waals surface area contributed by atoms with E-state index in [9.17, 15) is 4.79 Å². The molecular formula is C12H17ClN4O2. The number of rotatable bonds is 5. The SMILES string of the molecule is CCc1noc2ncc(C(=O)NCCNC)cc12.Cl. The zero-order valence-electron chi connectivity index (χ0n) is 10.9. The van der Waals surface area contributed by atoms with Crippen molar-refractivity contribution >= 4 is 29.4 Å². The van der Waals surface area contributed by atoms with E-state index in [2.05, 4.69) is 20.8 Å². The monoisotopic (exact) mass is 284 g/mol. The van der Waals surface area contributed by atoms with Crippen LogP contribution in [0.3, 0.4) is 0 Å². The van der Waals surface area contributed by atoms with Crippen LogP contribution < -0.4 is 10.6 Å². The largest absolute Gasteiger partial charge is 0.351 e. The lowest BCUT2D eigenvalue weighted by atomic mass is 10.1. The van der Waals surface area contributed by atoms with Crippen molar-refractivity contribution in [3.05, 3.63) is 23.5 Å². The number of fused-ring (bicyclic) bond motifs is 1. The van der Waals surface area contributed by atoms with Crippen LogP contribution in [-0.2, 0) is 6.42 Å². The van der Waals surface area contributed by atoms with Crippen LogP contribution in [0.25, 0.3) is 11.1 Å². The number of nitrogens with zero attached hydrogens (tertiary/aromatic N) is 2. The van der Waals surface area contributed by atoms with Crippen LogP contribution in [0.4, 0.5) is 0 Å². The van der Waals surface area contributed by atoms with Crippen molar-refractivity contribution in [2.45, 2.75) is 13.3 Å². The number of aromatic nitrogens is 2. The van der Waals surface area contributed by atoms with Gasteiger partial charge in [-0.15, -0.1) is 12.4 Å². The lowest BCUT2D eigenvalue weighted by Gasteiger charge is -2.04. The summed E-state index contributed by atoms with van der Waals surface area (Å²) in [6.45, 7) is 3.30. The van der Waals surface area contributed by atoms with Gasteiger partial charge in [-0.05, 0) is 19.5 Å². The molecule has 2 rings (SSSR count). The number of carbonyl (C=O) groups excluding carboxylic acids is 1. The van der Waals surface area contributed by atoms with E-state index in [0.717, 1.165) is 24.0 Å². The van der Waals surface area contributed by atoms with Gasteiger partial charge in [0.05, 0.1) is 16.6 Å². The number of hydrogen-bond acceptors (Lipinski definition) is 5. The molecule has 0 aliphatic carbocycles. The molecule has 0 atom stereocenters. The third-order valence-corrected chi connectivity index (χ3v) is 2.66. The Balaban J connectivity index is 0.00000180. The Labute approximate surface area is 117 Å². The molecule has 0 saturated heterocycles. The summed E-state index contributed by atoms with van der Waals surface area (Å²) < 4.78 is 5.07. The highest BCUT2D eigenvalue weighted by Crippen LogP contribution is 2.17. The molecule has 7 heteroatoms. The molecule has 0 saturated carbocycles. The Morgan fingerprint density at radius 3 is 2.89 bits per heavy atom. The molecule has 104 valence electrons. The van der Waals surface area contributed by atoms with Gasteiger partial charge in [-0.25, -0.2) is 4.98 Å². The zero-order chi connectivity index (χ0) is 13.0. The molecule has 0 unspecified atom stereocenters. The summed E-state index contributed by atoms with van der Waals surface area (Å²) in [5.74, 6) is -0.136. The average Bonchev–Trinajstić information content (AvgIpc) is 2.80. The second kappa shape index (κ2) is 7.06. The number of hydrogen-bond donors (Lipinski definition) is 2. The van der Waals surface area contributed by atoms with Crippen LogP contribution >= 0.6 is 12.4 Å². The fraction of sp³-hybridized carbons (Fsp3) is 0.417. The molecular weight excluding hydrogens is 268 g/mol. The van der Waals surface area contributed by atoms with Crippen molar-refractivity contribution < 1.29 is 9.32 Å². The standard InChI is InChI=1S/C12H16N4O2.ClH/c1-3-10-9-6-8(7-15-12(9)18-16-10)11(17)14-5-4-13-2;/h6-7,13H,3-5H2,1-2H3,(H,14,17);1H. The maximum absolute atomic E-state index is 11.9. The molecule has 0 fully saturated rings. The van der Waals surface area contributed by atoms with Gasteiger partial charge < -0.3 is 15.2 Å². The highest BCUT2D eigenvalue weighted by Gasteiger charge is 2.12. The van der Waals surface area contributed by atoms with Crippen LogP contribution in [0.5, 0.6) is 0 Å². The predicted molar refractivity (Wildman–Crippen MR) is 74.7 cm³/mol. The van der Waals surface area contributed by atoms with Gasteiger partial charge >= 0.3 is 0 Å². The molecule has 0 aliphatic heterocycles. The maximum Gasteiger partial charge on any atom is 0.257 e. The first-order chi connectivity index (χ1) is 8.76. The van der Waals surface area contributed by atoms with Crippen LogP contribution in [0.2, 0.25) is 0 Å². The van der Waals surface area contributed by atoms with E-state index in [1.54, 1.807) is 6.07 Å². The number of carbonyl (C=O) groups is 1. The fourth-order valence-corrected chi connectivity index (χ4v) is 1.66. The average molecular weight is 285 g/mol. The van der Waals surface area contributed by atoms with Crippen molar-refractivity contribution in [2.24, 2.45) is 0 Å². The zero-order valence-corrected chi connectivity index (χ0v) is 11.7. The first-order valence-electron chi connectivity index (χ1n) is 5.93. The molecule has 2 heterocycles. The Morgan fingerprint density at radius 1 is 1.42 bits per heavy atom. The van der Waals surface area contributed by atoms with Crippen LogP contribution in [0.1, 0.15) is 23.0 Å². The van der Waals surface area contributed by atoms with E-state index in [4.69, 9.17) is 4.52 Å².